The van der Waals surface area contributed by atoms with Gasteiger partial charge in [-0.1, -0.05) is 220 Å². The Morgan fingerprint density at radius 2 is 0.781 bits per heavy atom. The number of esters is 2. The first-order valence-corrected chi connectivity index (χ1v) is 30.6. The smallest absolute Gasteiger partial charge is 0.306 e. The van der Waals surface area contributed by atoms with Gasteiger partial charge in [0.05, 0.1) is 27.7 Å². The van der Waals surface area contributed by atoms with Crippen LogP contribution in [0, 0.1) is 0 Å². The predicted octanol–water partition coefficient (Wildman–Crippen LogP) is 17.6. The lowest BCUT2D eigenvalue weighted by Gasteiger charge is -2.28. The molecule has 0 aromatic heterocycles. The summed E-state index contributed by atoms with van der Waals surface area (Å²) in [5.41, 5.74) is 0. The van der Waals surface area contributed by atoms with E-state index < -0.39 is 32.5 Å². The van der Waals surface area contributed by atoms with Crippen LogP contribution in [0.3, 0.4) is 0 Å². The molecule has 2 atom stereocenters. The molecule has 0 rings (SSSR count). The molecule has 0 saturated carbocycles. The molecule has 0 aliphatic rings. The van der Waals surface area contributed by atoms with Crippen molar-refractivity contribution >= 4 is 19.8 Å². The van der Waals surface area contributed by atoms with Gasteiger partial charge >= 0.3 is 11.9 Å². The number of phosphoric acid groups is 1. The van der Waals surface area contributed by atoms with Gasteiger partial charge in [0.25, 0.3) is 7.82 Å². The van der Waals surface area contributed by atoms with Gasteiger partial charge in [0, 0.05) is 12.8 Å². The van der Waals surface area contributed by atoms with Crippen molar-refractivity contribution in [1.29, 1.82) is 0 Å². The fourth-order valence-corrected chi connectivity index (χ4v) is 8.28. The molecule has 0 spiro atoms. The van der Waals surface area contributed by atoms with Crippen molar-refractivity contribution in [2.24, 2.45) is 0 Å². The van der Waals surface area contributed by atoms with E-state index in [1.165, 1.54) is 77.0 Å². The van der Waals surface area contributed by atoms with Gasteiger partial charge in [-0.15, -0.1) is 0 Å². The molecule has 0 fully saturated rings. The van der Waals surface area contributed by atoms with E-state index in [9.17, 15) is 19.0 Å². The SMILES string of the molecule is CC/C=C\C/C=C\C/C=C\C/C=C\C/C=C\C/C=C\C/C=C\C/C=C\CCCCCCCCCCCCC(=O)OC(COC(=O)CCCCCCC/C=C\CCCCCCC)COP(=O)([O-])OCC[N+](C)(C)C. The van der Waals surface area contributed by atoms with Crippen LogP contribution in [0.1, 0.15) is 226 Å². The molecule has 0 aromatic carbocycles. The van der Waals surface area contributed by atoms with E-state index in [-0.39, 0.29) is 26.1 Å². The first-order valence-electron chi connectivity index (χ1n) is 29.1. The van der Waals surface area contributed by atoms with Crippen molar-refractivity contribution in [2.75, 3.05) is 47.5 Å². The third-order valence-corrected chi connectivity index (χ3v) is 13.0. The van der Waals surface area contributed by atoms with E-state index in [1.807, 2.05) is 21.1 Å². The maximum absolute atomic E-state index is 12.8. The second kappa shape index (κ2) is 53.5. The lowest BCUT2D eigenvalue weighted by Crippen LogP contribution is -2.37. The third-order valence-electron chi connectivity index (χ3n) is 12.0. The molecule has 0 aromatic rings. The van der Waals surface area contributed by atoms with Crippen LogP contribution in [0.5, 0.6) is 0 Å². The lowest BCUT2D eigenvalue weighted by atomic mass is 10.0. The molecule has 0 aliphatic heterocycles. The highest BCUT2D eigenvalue weighted by Crippen LogP contribution is 2.38. The molecular formula is C63H108NO8P. The highest BCUT2D eigenvalue weighted by Gasteiger charge is 2.21. The number of carbonyl (C=O) groups is 2. The molecule has 0 aliphatic carbocycles. The summed E-state index contributed by atoms with van der Waals surface area (Å²) >= 11 is 0. The zero-order chi connectivity index (χ0) is 53.5. The predicted molar refractivity (Wildman–Crippen MR) is 309 cm³/mol. The molecule has 10 heteroatoms. The number of rotatable bonds is 52. The van der Waals surface area contributed by atoms with Crippen LogP contribution in [0.2, 0.25) is 0 Å². The highest BCUT2D eigenvalue weighted by atomic mass is 31.2. The van der Waals surface area contributed by atoms with Crippen molar-refractivity contribution in [1.82, 2.24) is 0 Å². The fraction of sp³-hybridized carbons (Fsp3) is 0.683. The second-order valence-corrected chi connectivity index (χ2v) is 21.7. The van der Waals surface area contributed by atoms with Crippen LogP contribution in [-0.4, -0.2) is 70.0 Å². The first-order chi connectivity index (χ1) is 35.5. The molecule has 73 heavy (non-hydrogen) atoms. The number of phosphoric ester groups is 1. The summed E-state index contributed by atoms with van der Waals surface area (Å²) in [6.45, 7) is 4.09. The Labute approximate surface area is 448 Å². The van der Waals surface area contributed by atoms with E-state index in [0.717, 1.165) is 109 Å². The summed E-state index contributed by atoms with van der Waals surface area (Å²) in [6, 6.07) is 0. The number of quaternary nitrogens is 1. The fourth-order valence-electron chi connectivity index (χ4n) is 7.55. The average Bonchev–Trinajstić information content (AvgIpc) is 3.35. The third kappa shape index (κ3) is 57.8. The van der Waals surface area contributed by atoms with Gasteiger partial charge in [-0.2, -0.15) is 0 Å². The Balaban J connectivity index is 4.13. The van der Waals surface area contributed by atoms with Crippen molar-refractivity contribution < 1.29 is 42.1 Å². The standard InChI is InChI=1S/C63H108NO8P/c1-6-8-10-12-14-16-18-20-22-23-24-25-26-27-28-29-30-31-32-33-34-35-36-37-38-39-40-41-42-44-46-48-50-52-54-56-63(66)72-61(60-71-73(67,68)70-58-57-64(3,4)5)59-69-62(65)55-53-51-49-47-45-43-21-19-17-15-13-11-9-7-2/h8,10,14,16,19-22,24-25,27-28,30-31,33-34,36-37,61H,6-7,9,11-13,15,17-18,23,26,29,32,35,38-60H2,1-5H3/b10-8-,16-14-,21-19-,22-20-,25-24-,28-27-,31-30-,34-33-,37-36-. The van der Waals surface area contributed by atoms with Crippen LogP contribution in [0.15, 0.2) is 109 Å². The Morgan fingerprint density at radius 3 is 1.18 bits per heavy atom. The molecule has 0 amide bonds. The van der Waals surface area contributed by atoms with Gasteiger partial charge < -0.3 is 27.9 Å². The second-order valence-electron chi connectivity index (χ2n) is 20.3. The Hall–Kier alpha value is -3.33. The molecule has 0 radical (unpaired) electrons. The maximum Gasteiger partial charge on any atom is 0.306 e. The van der Waals surface area contributed by atoms with Crippen LogP contribution in [0.25, 0.3) is 0 Å². The van der Waals surface area contributed by atoms with E-state index in [1.54, 1.807) is 0 Å². The number of allylic oxidation sites excluding steroid dienone is 18. The van der Waals surface area contributed by atoms with E-state index >= 15 is 0 Å². The van der Waals surface area contributed by atoms with Crippen molar-refractivity contribution in [3.8, 4) is 0 Å². The minimum absolute atomic E-state index is 0.0375. The highest BCUT2D eigenvalue weighted by molar-refractivity contribution is 7.45. The minimum Gasteiger partial charge on any atom is -0.756 e. The maximum atomic E-state index is 12.8. The summed E-state index contributed by atoms with van der Waals surface area (Å²) in [6.07, 6.45) is 74.2. The van der Waals surface area contributed by atoms with Gasteiger partial charge in [0.15, 0.2) is 6.10 Å². The van der Waals surface area contributed by atoms with Gasteiger partial charge in [-0.3, -0.25) is 14.2 Å². The molecule has 2 unspecified atom stereocenters. The van der Waals surface area contributed by atoms with E-state index in [0.29, 0.717) is 23.9 Å². The number of carbonyl (C=O) groups excluding carboxylic acids is 2. The quantitative estimate of drug-likeness (QED) is 0.0195. The van der Waals surface area contributed by atoms with Gasteiger partial charge in [-0.05, 0) is 103 Å². The van der Waals surface area contributed by atoms with Crippen molar-refractivity contribution in [3.05, 3.63) is 109 Å². The number of unbranched alkanes of at least 4 members (excludes halogenated alkanes) is 20. The molecular weight excluding hydrogens is 930 g/mol. The Bertz CT molecular complexity index is 1600. The van der Waals surface area contributed by atoms with E-state index in [4.69, 9.17) is 18.5 Å². The van der Waals surface area contributed by atoms with Gasteiger partial charge in [0.2, 0.25) is 0 Å². The summed E-state index contributed by atoms with van der Waals surface area (Å²) < 4.78 is 34.1. The summed E-state index contributed by atoms with van der Waals surface area (Å²) in [7, 11) is 1.15. The Morgan fingerprint density at radius 1 is 0.438 bits per heavy atom. The van der Waals surface area contributed by atoms with Crippen LogP contribution >= 0.6 is 7.82 Å². The van der Waals surface area contributed by atoms with Crippen LogP contribution in [0.4, 0.5) is 0 Å². The molecule has 0 bridgehead atoms. The summed E-state index contributed by atoms with van der Waals surface area (Å²) in [5.74, 6) is -0.853. The topological polar surface area (TPSA) is 111 Å². The van der Waals surface area contributed by atoms with E-state index in [2.05, 4.69) is 123 Å². The lowest BCUT2D eigenvalue weighted by molar-refractivity contribution is -0.870. The number of hydrogen-bond donors (Lipinski definition) is 0. The summed E-state index contributed by atoms with van der Waals surface area (Å²) in [5, 5.41) is 0. The molecule has 0 heterocycles. The van der Waals surface area contributed by atoms with Crippen LogP contribution in [-0.2, 0) is 32.7 Å². The average molecular weight is 1040 g/mol. The number of likely N-dealkylation sites (N-methyl/N-ethyl adjacent to an activating group) is 1. The van der Waals surface area contributed by atoms with Gasteiger partial charge in [0.1, 0.15) is 19.8 Å². The molecule has 418 valence electrons. The first kappa shape index (κ1) is 69.7. The number of nitrogens with zero attached hydrogens (tertiary/aromatic N) is 1. The zero-order valence-corrected chi connectivity index (χ0v) is 48.2. The minimum atomic E-state index is -4.64. The molecule has 0 saturated heterocycles. The number of hydrogen-bond acceptors (Lipinski definition) is 8. The normalized spacial score (nSPS) is 14.1. The molecule has 9 nitrogen and oxygen atoms in total. The van der Waals surface area contributed by atoms with Gasteiger partial charge in [-0.25, -0.2) is 0 Å². The monoisotopic (exact) mass is 1040 g/mol. The molecule has 0 N–H and O–H groups in total. The Kier molecular flexibility index (Phi) is 51.1. The zero-order valence-electron chi connectivity index (χ0n) is 47.3. The summed E-state index contributed by atoms with van der Waals surface area (Å²) in [4.78, 5) is 37.8. The van der Waals surface area contributed by atoms with Crippen LogP contribution < -0.4 is 4.89 Å². The van der Waals surface area contributed by atoms with Crippen molar-refractivity contribution in [3.63, 3.8) is 0 Å². The number of ether oxygens (including phenoxy) is 2. The van der Waals surface area contributed by atoms with Crippen molar-refractivity contribution in [2.45, 2.75) is 232 Å². The largest absolute Gasteiger partial charge is 0.756 e.